The number of nitrogens with zero attached hydrogens (tertiary/aromatic N) is 8. The van der Waals surface area contributed by atoms with Gasteiger partial charge in [-0.1, -0.05) is 12.1 Å². The number of hydrogen-bond donors (Lipinski definition) is 2. The first-order chi connectivity index (χ1) is 17.5. The number of anilines is 1. The number of nitrogens with two attached hydrogens (primary N) is 1. The molecule has 3 aromatic heterocycles. The van der Waals surface area contributed by atoms with E-state index < -0.39 is 0 Å². The van der Waals surface area contributed by atoms with Crippen LogP contribution in [0.3, 0.4) is 0 Å². The minimum atomic E-state index is 0.177. The average Bonchev–Trinajstić information content (AvgIpc) is 3.46. The molecule has 4 aromatic rings. The van der Waals surface area contributed by atoms with Crippen LogP contribution < -0.4 is 5.73 Å². The van der Waals surface area contributed by atoms with Crippen LogP contribution in [-0.2, 0) is 0 Å². The second-order valence-electron chi connectivity index (χ2n) is 10.1. The lowest BCUT2D eigenvalue weighted by molar-refractivity contribution is 0.0815. The van der Waals surface area contributed by atoms with Gasteiger partial charge >= 0.3 is 0 Å². The highest BCUT2D eigenvalue weighted by atomic mass is 16.3. The number of nitrogen functional groups attached to an aromatic ring is 1. The smallest absolute Gasteiger partial charge is 0.164 e. The van der Waals surface area contributed by atoms with Crippen molar-refractivity contribution in [2.45, 2.75) is 44.7 Å². The van der Waals surface area contributed by atoms with E-state index in [1.807, 2.05) is 24.3 Å². The lowest BCUT2D eigenvalue weighted by Crippen LogP contribution is -2.49. The number of aromatic nitrogens is 6. The molecule has 1 saturated heterocycles. The number of rotatable bonds is 4. The van der Waals surface area contributed by atoms with Crippen molar-refractivity contribution < 1.29 is 5.11 Å². The average molecular weight is 488 g/mol. The summed E-state index contributed by atoms with van der Waals surface area (Å²) in [5, 5.41) is 20.1. The summed E-state index contributed by atoms with van der Waals surface area (Å²) in [7, 11) is 2.21. The van der Waals surface area contributed by atoms with Crippen molar-refractivity contribution in [1.29, 1.82) is 0 Å². The number of aromatic hydroxyl groups is 1. The summed E-state index contributed by atoms with van der Waals surface area (Å²) >= 11 is 0. The van der Waals surface area contributed by atoms with Gasteiger partial charge in [0.05, 0.1) is 23.3 Å². The molecule has 2 aliphatic rings. The van der Waals surface area contributed by atoms with Crippen molar-refractivity contribution in [3.8, 4) is 22.7 Å². The van der Waals surface area contributed by atoms with E-state index in [4.69, 9.17) is 10.8 Å². The number of fused-ring (bicyclic) bond motifs is 1. The maximum atomic E-state index is 9.88. The number of piperazine rings is 1. The summed E-state index contributed by atoms with van der Waals surface area (Å²) < 4.78 is 3.76. The van der Waals surface area contributed by atoms with E-state index in [9.17, 15) is 5.11 Å². The van der Waals surface area contributed by atoms with Gasteiger partial charge in [0.2, 0.25) is 0 Å². The summed E-state index contributed by atoms with van der Waals surface area (Å²) in [6.45, 7) is 6.42. The van der Waals surface area contributed by atoms with E-state index >= 15 is 0 Å². The highest BCUT2D eigenvalue weighted by Gasteiger charge is 2.30. The Hall–Kier alpha value is -3.50. The maximum Gasteiger partial charge on any atom is 0.164 e. The predicted molar refractivity (Wildman–Crippen MR) is 139 cm³/mol. The van der Waals surface area contributed by atoms with Crippen LogP contribution in [0.5, 0.6) is 5.75 Å². The van der Waals surface area contributed by atoms with Crippen molar-refractivity contribution in [3.05, 3.63) is 42.5 Å². The standard InChI is InChI=1S/C26H33N9O/c1-17-22(36)15-34(30-17)20-5-3-18(4-6-20)24-23-25(27)28-16-29-26(23)35(31-24)21-9-7-19(8-10-21)33-13-11-32(2)12-14-33/h3-6,15-16,19,21,36H,7-14H2,1-2H3,(H2,27,28,29). The van der Waals surface area contributed by atoms with Gasteiger partial charge in [0, 0.05) is 37.8 Å². The van der Waals surface area contributed by atoms with Crippen molar-refractivity contribution >= 4 is 16.9 Å². The number of hydrogen-bond acceptors (Lipinski definition) is 8. The largest absolute Gasteiger partial charge is 0.504 e. The van der Waals surface area contributed by atoms with Crippen LogP contribution in [0.25, 0.3) is 28.0 Å². The highest BCUT2D eigenvalue weighted by Crippen LogP contribution is 2.37. The molecule has 10 nitrogen and oxygen atoms in total. The van der Waals surface area contributed by atoms with Gasteiger partial charge in [-0.2, -0.15) is 10.2 Å². The number of aryl methyl sites for hydroxylation is 1. The van der Waals surface area contributed by atoms with Crippen LogP contribution in [0.15, 0.2) is 36.8 Å². The van der Waals surface area contributed by atoms with Crippen molar-refractivity contribution in [3.63, 3.8) is 0 Å². The molecule has 0 radical (unpaired) electrons. The van der Waals surface area contributed by atoms with Gasteiger partial charge in [-0.3, -0.25) is 4.90 Å². The fraction of sp³-hybridized carbons (Fsp3) is 0.462. The SMILES string of the molecule is Cc1nn(-c2ccc(-c3nn(C4CCC(N5CCN(C)CC5)CC4)c4ncnc(N)c34)cc2)cc1O. The molecule has 0 atom stereocenters. The maximum absolute atomic E-state index is 9.88. The molecule has 0 spiro atoms. The quantitative estimate of drug-likeness (QED) is 0.452. The third-order valence-electron chi connectivity index (χ3n) is 7.86. The molecule has 2 fully saturated rings. The summed E-state index contributed by atoms with van der Waals surface area (Å²) in [5.41, 5.74) is 10.4. The minimum Gasteiger partial charge on any atom is -0.504 e. The van der Waals surface area contributed by atoms with Crippen LogP contribution in [0.2, 0.25) is 0 Å². The van der Waals surface area contributed by atoms with Gasteiger partial charge in [-0.25, -0.2) is 19.3 Å². The molecule has 1 aromatic carbocycles. The van der Waals surface area contributed by atoms with Gasteiger partial charge < -0.3 is 15.7 Å². The molecule has 3 N–H and O–H groups in total. The molecule has 10 heteroatoms. The second kappa shape index (κ2) is 9.18. The Balaban J connectivity index is 1.27. The van der Waals surface area contributed by atoms with Crippen molar-refractivity contribution in [2.75, 3.05) is 39.0 Å². The lowest BCUT2D eigenvalue weighted by Gasteiger charge is -2.41. The Morgan fingerprint density at radius 1 is 0.917 bits per heavy atom. The van der Waals surface area contributed by atoms with E-state index in [1.54, 1.807) is 17.8 Å². The second-order valence-corrected chi connectivity index (χ2v) is 10.1. The zero-order valence-corrected chi connectivity index (χ0v) is 20.9. The van der Waals surface area contributed by atoms with Gasteiger partial charge in [0.15, 0.2) is 11.4 Å². The molecular formula is C26H33N9O. The predicted octanol–water partition coefficient (Wildman–Crippen LogP) is 3.01. The van der Waals surface area contributed by atoms with Gasteiger partial charge in [0.1, 0.15) is 23.5 Å². The Labute approximate surface area is 210 Å². The topological polar surface area (TPSA) is 114 Å². The molecule has 0 unspecified atom stereocenters. The molecule has 0 amide bonds. The normalized spacial score (nSPS) is 21.8. The van der Waals surface area contributed by atoms with Gasteiger partial charge in [0.25, 0.3) is 0 Å². The number of benzene rings is 1. The molecule has 1 aliphatic carbocycles. The van der Waals surface area contributed by atoms with E-state index in [0.29, 0.717) is 23.6 Å². The molecule has 1 saturated carbocycles. The molecule has 0 bridgehead atoms. The Bertz CT molecular complexity index is 1340. The Morgan fingerprint density at radius 3 is 2.28 bits per heavy atom. The van der Waals surface area contributed by atoms with Crippen LogP contribution >= 0.6 is 0 Å². The third kappa shape index (κ3) is 4.10. The van der Waals surface area contributed by atoms with E-state index in [2.05, 4.69) is 36.6 Å². The van der Waals surface area contributed by atoms with Crippen LogP contribution in [0.1, 0.15) is 37.4 Å². The van der Waals surface area contributed by atoms with E-state index in [1.165, 1.54) is 19.2 Å². The summed E-state index contributed by atoms with van der Waals surface area (Å²) in [6.07, 6.45) is 7.66. The van der Waals surface area contributed by atoms with Crippen molar-refractivity contribution in [1.82, 2.24) is 39.3 Å². The molecule has 4 heterocycles. The van der Waals surface area contributed by atoms with Crippen LogP contribution in [0, 0.1) is 6.92 Å². The summed E-state index contributed by atoms with van der Waals surface area (Å²) in [5.74, 6) is 0.625. The Kier molecular flexibility index (Phi) is 5.85. The van der Waals surface area contributed by atoms with Crippen LogP contribution in [-0.4, -0.2) is 83.7 Å². The highest BCUT2D eigenvalue weighted by molar-refractivity contribution is 5.98. The first-order valence-electron chi connectivity index (χ1n) is 12.8. The fourth-order valence-corrected chi connectivity index (χ4v) is 5.66. The van der Waals surface area contributed by atoms with E-state index in [0.717, 1.165) is 67.0 Å². The minimum absolute atomic E-state index is 0.177. The molecule has 36 heavy (non-hydrogen) atoms. The molecule has 1 aliphatic heterocycles. The molecule has 188 valence electrons. The first kappa shape index (κ1) is 22.9. The summed E-state index contributed by atoms with van der Waals surface area (Å²) in [4.78, 5) is 14.0. The van der Waals surface area contributed by atoms with Crippen molar-refractivity contribution in [2.24, 2.45) is 0 Å². The third-order valence-corrected chi connectivity index (χ3v) is 7.86. The monoisotopic (exact) mass is 487 g/mol. The first-order valence-corrected chi connectivity index (χ1v) is 12.8. The zero-order valence-electron chi connectivity index (χ0n) is 20.9. The summed E-state index contributed by atoms with van der Waals surface area (Å²) in [6, 6.07) is 8.90. The van der Waals surface area contributed by atoms with Gasteiger partial charge in [-0.15, -0.1) is 0 Å². The fourth-order valence-electron chi connectivity index (χ4n) is 5.66. The van der Waals surface area contributed by atoms with E-state index in [-0.39, 0.29) is 5.75 Å². The molecular weight excluding hydrogens is 454 g/mol. The Morgan fingerprint density at radius 2 is 1.61 bits per heavy atom. The number of likely N-dealkylation sites (N-methyl/N-ethyl adjacent to an activating group) is 1. The molecule has 6 rings (SSSR count). The van der Waals surface area contributed by atoms with Gasteiger partial charge in [-0.05, 0) is 51.8 Å². The zero-order chi connectivity index (χ0) is 24.8. The van der Waals surface area contributed by atoms with Crippen LogP contribution in [0.4, 0.5) is 5.82 Å². The lowest BCUT2D eigenvalue weighted by atomic mass is 9.90.